The van der Waals surface area contributed by atoms with Crippen LogP contribution in [0.2, 0.25) is 0 Å². The average molecular weight is 322 g/mol. The molecule has 6 heteroatoms. The number of nitrogens with zero attached hydrogens (tertiary/aromatic N) is 2. The van der Waals surface area contributed by atoms with Gasteiger partial charge in [0.05, 0.1) is 16.6 Å². The molecule has 1 saturated carbocycles. The summed E-state index contributed by atoms with van der Waals surface area (Å²) < 4.78 is 0. The minimum Gasteiger partial charge on any atom is -0.481 e. The van der Waals surface area contributed by atoms with Crippen LogP contribution in [-0.4, -0.2) is 40.0 Å². The van der Waals surface area contributed by atoms with Crippen molar-refractivity contribution >= 4 is 23.2 Å². The number of carboxylic acids is 1. The maximum atomic E-state index is 12.7. The van der Waals surface area contributed by atoms with Crippen LogP contribution in [0.4, 0.5) is 0 Å². The van der Waals surface area contributed by atoms with Gasteiger partial charge < -0.3 is 10.0 Å². The van der Waals surface area contributed by atoms with Gasteiger partial charge in [0.1, 0.15) is 4.88 Å². The monoisotopic (exact) mass is 322 g/mol. The van der Waals surface area contributed by atoms with Gasteiger partial charge in [-0.3, -0.25) is 9.59 Å². The number of likely N-dealkylation sites (tertiary alicyclic amines) is 1. The molecule has 1 aliphatic carbocycles. The second-order valence-electron chi connectivity index (χ2n) is 6.52. The summed E-state index contributed by atoms with van der Waals surface area (Å²) in [6, 6.07) is 0. The minimum absolute atomic E-state index is 0.0290. The highest BCUT2D eigenvalue weighted by Crippen LogP contribution is 2.59. The second-order valence-corrected chi connectivity index (χ2v) is 7.61. The Hall–Kier alpha value is -1.43. The van der Waals surface area contributed by atoms with E-state index in [9.17, 15) is 9.59 Å². The highest BCUT2D eigenvalue weighted by atomic mass is 32.1. The van der Waals surface area contributed by atoms with Gasteiger partial charge in [0.15, 0.2) is 0 Å². The molecule has 1 saturated heterocycles. The number of aryl methyl sites for hydroxylation is 2. The molecular weight excluding hydrogens is 300 g/mol. The third-order valence-corrected chi connectivity index (χ3v) is 6.24. The normalized spacial score (nSPS) is 22.8. The number of hydrogen-bond acceptors (Lipinski definition) is 4. The van der Waals surface area contributed by atoms with E-state index in [1.54, 1.807) is 0 Å². The predicted octanol–water partition coefficient (Wildman–Crippen LogP) is 2.73. The van der Waals surface area contributed by atoms with Crippen molar-refractivity contribution in [3.05, 3.63) is 15.6 Å². The van der Waals surface area contributed by atoms with Crippen molar-refractivity contribution < 1.29 is 14.7 Å². The van der Waals surface area contributed by atoms with E-state index in [0.29, 0.717) is 13.1 Å². The number of thiazole rings is 1. The summed E-state index contributed by atoms with van der Waals surface area (Å²) in [7, 11) is 0. The molecule has 1 amide bonds. The van der Waals surface area contributed by atoms with Gasteiger partial charge in [-0.15, -0.1) is 11.3 Å². The van der Waals surface area contributed by atoms with Crippen molar-refractivity contribution in [3.63, 3.8) is 0 Å². The molecule has 2 heterocycles. The molecule has 1 N–H and O–H groups in total. The van der Waals surface area contributed by atoms with Crippen molar-refractivity contribution in [3.8, 4) is 0 Å². The van der Waals surface area contributed by atoms with Crippen LogP contribution in [0.15, 0.2) is 0 Å². The molecule has 1 spiro atoms. The van der Waals surface area contributed by atoms with Crippen molar-refractivity contribution in [1.29, 1.82) is 0 Å². The lowest BCUT2D eigenvalue weighted by Gasteiger charge is -2.32. The van der Waals surface area contributed by atoms with E-state index >= 15 is 0 Å². The molecule has 0 aromatic carbocycles. The zero-order chi connectivity index (χ0) is 15.9. The summed E-state index contributed by atoms with van der Waals surface area (Å²) >= 11 is 1.51. The smallest absolute Gasteiger partial charge is 0.307 e. The van der Waals surface area contributed by atoms with Crippen molar-refractivity contribution in [2.24, 2.45) is 11.3 Å². The number of carboxylic acid groups (broad SMARTS) is 1. The summed E-state index contributed by atoms with van der Waals surface area (Å²) in [5.74, 6) is -0.798. The number of aromatic nitrogens is 1. The molecule has 1 unspecified atom stereocenters. The Balaban J connectivity index is 1.64. The summed E-state index contributed by atoms with van der Waals surface area (Å²) in [4.78, 5) is 30.9. The maximum Gasteiger partial charge on any atom is 0.307 e. The predicted molar refractivity (Wildman–Crippen MR) is 84.2 cm³/mol. The summed E-state index contributed by atoms with van der Waals surface area (Å²) in [5, 5.41) is 10.2. The first-order chi connectivity index (χ1) is 10.5. The fourth-order valence-electron chi connectivity index (χ4n) is 3.52. The van der Waals surface area contributed by atoms with Gasteiger partial charge in [-0.25, -0.2) is 4.98 Å². The highest BCUT2D eigenvalue weighted by Gasteiger charge is 2.59. The van der Waals surface area contributed by atoms with Crippen LogP contribution >= 0.6 is 11.3 Å². The van der Waals surface area contributed by atoms with Crippen LogP contribution in [0.1, 0.15) is 53.0 Å². The number of carbonyl (C=O) groups excluding carboxylic acids is 1. The van der Waals surface area contributed by atoms with Gasteiger partial charge >= 0.3 is 5.97 Å². The molecule has 3 rings (SSSR count). The molecule has 2 fully saturated rings. The molecule has 1 aromatic heterocycles. The van der Waals surface area contributed by atoms with E-state index in [1.807, 2.05) is 11.8 Å². The standard InChI is InChI=1S/C16H22N2O3S/c1-3-4-12-17-10(2)13(22-12)14(19)18-7-5-16(6-8-18)9-11(16)15(20)21/h11H,3-9H2,1-2H3,(H,20,21). The van der Waals surface area contributed by atoms with Crippen molar-refractivity contribution in [1.82, 2.24) is 9.88 Å². The molecule has 5 nitrogen and oxygen atoms in total. The van der Waals surface area contributed by atoms with E-state index in [4.69, 9.17) is 5.11 Å². The topological polar surface area (TPSA) is 70.5 Å². The summed E-state index contributed by atoms with van der Waals surface area (Å²) in [6.45, 7) is 5.35. The Bertz CT molecular complexity index is 603. The first kappa shape index (κ1) is 15.5. The van der Waals surface area contributed by atoms with Gasteiger partial charge in [-0.2, -0.15) is 0 Å². The second kappa shape index (κ2) is 5.65. The fraction of sp³-hybridized carbons (Fsp3) is 0.688. The summed E-state index contributed by atoms with van der Waals surface area (Å²) in [6.07, 6.45) is 4.36. The van der Waals surface area contributed by atoms with Gasteiger partial charge in [0, 0.05) is 13.1 Å². The van der Waals surface area contributed by atoms with E-state index in [1.165, 1.54) is 11.3 Å². The number of rotatable bonds is 4. The van der Waals surface area contributed by atoms with Gasteiger partial charge in [0.2, 0.25) is 0 Å². The van der Waals surface area contributed by atoms with Crippen molar-refractivity contribution in [2.45, 2.75) is 46.0 Å². The zero-order valence-electron chi connectivity index (χ0n) is 13.1. The largest absolute Gasteiger partial charge is 0.481 e. The van der Waals surface area contributed by atoms with Crippen LogP contribution in [-0.2, 0) is 11.2 Å². The van der Waals surface area contributed by atoms with Gasteiger partial charge in [0.25, 0.3) is 5.91 Å². The van der Waals surface area contributed by atoms with E-state index in [-0.39, 0.29) is 17.2 Å². The molecule has 120 valence electrons. The van der Waals surface area contributed by atoms with Crippen molar-refractivity contribution in [2.75, 3.05) is 13.1 Å². The van der Waals surface area contributed by atoms with E-state index < -0.39 is 5.97 Å². The molecule has 1 atom stereocenters. The third-order valence-electron chi connectivity index (χ3n) is 5.03. The first-order valence-corrected chi connectivity index (χ1v) is 8.77. The van der Waals surface area contributed by atoms with Crippen LogP contribution < -0.4 is 0 Å². The number of carbonyl (C=O) groups is 2. The Morgan fingerprint density at radius 2 is 2.09 bits per heavy atom. The van der Waals surface area contributed by atoms with Crippen LogP contribution in [0.25, 0.3) is 0 Å². The minimum atomic E-state index is -0.678. The number of amides is 1. The molecular formula is C16H22N2O3S. The third kappa shape index (κ3) is 2.64. The fourth-order valence-corrected chi connectivity index (χ4v) is 4.65. The Morgan fingerprint density at radius 3 is 2.64 bits per heavy atom. The molecule has 1 aliphatic heterocycles. The van der Waals surface area contributed by atoms with Gasteiger partial charge in [-0.1, -0.05) is 6.92 Å². The average Bonchev–Trinajstić information content (AvgIpc) is 3.06. The van der Waals surface area contributed by atoms with Crippen LogP contribution in [0.3, 0.4) is 0 Å². The Morgan fingerprint density at radius 1 is 1.41 bits per heavy atom. The van der Waals surface area contributed by atoms with E-state index in [2.05, 4.69) is 11.9 Å². The maximum absolute atomic E-state index is 12.7. The number of aliphatic carboxylic acids is 1. The van der Waals surface area contributed by atoms with E-state index in [0.717, 1.165) is 47.7 Å². The quantitative estimate of drug-likeness (QED) is 0.925. The van der Waals surface area contributed by atoms with Crippen LogP contribution in [0.5, 0.6) is 0 Å². The highest BCUT2D eigenvalue weighted by molar-refractivity contribution is 7.13. The zero-order valence-corrected chi connectivity index (χ0v) is 13.9. The Kier molecular flexibility index (Phi) is 3.97. The number of hydrogen-bond donors (Lipinski definition) is 1. The number of piperidine rings is 1. The lowest BCUT2D eigenvalue weighted by atomic mass is 9.90. The lowest BCUT2D eigenvalue weighted by molar-refractivity contribution is -0.139. The molecule has 22 heavy (non-hydrogen) atoms. The summed E-state index contributed by atoms with van der Waals surface area (Å²) in [5.41, 5.74) is 0.798. The first-order valence-electron chi connectivity index (χ1n) is 7.95. The molecule has 0 bridgehead atoms. The molecule has 1 aromatic rings. The Labute approximate surface area is 134 Å². The van der Waals surface area contributed by atoms with Crippen LogP contribution in [0, 0.1) is 18.3 Å². The van der Waals surface area contributed by atoms with Gasteiger partial charge in [-0.05, 0) is 44.4 Å². The lowest BCUT2D eigenvalue weighted by Crippen LogP contribution is -2.39. The molecule has 2 aliphatic rings. The SMILES string of the molecule is CCCc1nc(C)c(C(=O)N2CCC3(CC2)CC3C(=O)O)s1. The molecule has 0 radical (unpaired) electrons.